The molecule has 0 heterocycles. The summed E-state index contributed by atoms with van der Waals surface area (Å²) in [5, 5.41) is 0.351. The Bertz CT molecular complexity index is 214. The van der Waals surface area contributed by atoms with Crippen molar-refractivity contribution in [3.63, 3.8) is 0 Å². The predicted molar refractivity (Wildman–Crippen MR) is 78.9 cm³/mol. The molecule has 0 radical (unpaired) electrons. The van der Waals surface area contributed by atoms with Gasteiger partial charge in [0.05, 0.1) is 26.4 Å². The SMILES string of the molecule is CCC1CCC(Cl)C(CCOCCOCCOC)C1. The van der Waals surface area contributed by atoms with E-state index in [1.54, 1.807) is 7.11 Å². The van der Waals surface area contributed by atoms with Gasteiger partial charge in [-0.25, -0.2) is 0 Å². The molecule has 0 amide bonds. The molecule has 3 unspecified atom stereocenters. The normalized spacial score (nSPS) is 27.6. The summed E-state index contributed by atoms with van der Waals surface area (Å²) < 4.78 is 15.9. The molecule has 0 N–H and O–H groups in total. The van der Waals surface area contributed by atoms with E-state index in [0.29, 0.717) is 37.7 Å². The molecule has 0 aromatic rings. The lowest BCUT2D eigenvalue weighted by molar-refractivity contribution is 0.0203. The molecule has 4 heteroatoms. The third-order valence-electron chi connectivity index (χ3n) is 4.01. The summed E-state index contributed by atoms with van der Waals surface area (Å²) in [6.45, 7) is 5.69. The summed E-state index contributed by atoms with van der Waals surface area (Å²) in [6.07, 6.45) is 6.12. The van der Waals surface area contributed by atoms with Crippen LogP contribution in [0.5, 0.6) is 0 Å². The van der Waals surface area contributed by atoms with Crippen LogP contribution in [0.2, 0.25) is 0 Å². The van der Waals surface area contributed by atoms with Gasteiger partial charge in [0.1, 0.15) is 0 Å². The lowest BCUT2D eigenvalue weighted by Gasteiger charge is -2.32. The fourth-order valence-corrected chi connectivity index (χ4v) is 3.05. The molecule has 3 atom stereocenters. The summed E-state index contributed by atoms with van der Waals surface area (Å²) in [4.78, 5) is 0. The first-order valence-corrected chi connectivity index (χ1v) is 8.00. The molecule has 114 valence electrons. The topological polar surface area (TPSA) is 27.7 Å². The maximum atomic E-state index is 6.41. The van der Waals surface area contributed by atoms with Gasteiger partial charge in [-0.05, 0) is 37.5 Å². The largest absolute Gasteiger partial charge is 0.382 e. The summed E-state index contributed by atoms with van der Waals surface area (Å²) in [5.41, 5.74) is 0. The molecule has 0 aliphatic heterocycles. The standard InChI is InChI=1S/C15H29ClO3/c1-3-13-4-5-15(16)14(12-13)6-7-18-10-11-19-9-8-17-2/h13-15H,3-12H2,1-2H3. The van der Waals surface area contributed by atoms with Crippen molar-refractivity contribution in [2.75, 3.05) is 40.1 Å². The highest BCUT2D eigenvalue weighted by Crippen LogP contribution is 2.36. The lowest BCUT2D eigenvalue weighted by Crippen LogP contribution is -2.26. The number of rotatable bonds is 10. The van der Waals surface area contributed by atoms with Gasteiger partial charge in [-0.1, -0.05) is 13.3 Å². The van der Waals surface area contributed by atoms with E-state index in [1.807, 2.05) is 0 Å². The fourth-order valence-electron chi connectivity index (χ4n) is 2.69. The van der Waals surface area contributed by atoms with Gasteiger partial charge in [-0.3, -0.25) is 0 Å². The van der Waals surface area contributed by atoms with Crippen molar-refractivity contribution in [1.29, 1.82) is 0 Å². The molecule has 1 aliphatic rings. The number of hydrogen-bond acceptors (Lipinski definition) is 3. The van der Waals surface area contributed by atoms with E-state index in [2.05, 4.69) is 6.92 Å². The van der Waals surface area contributed by atoms with Crippen molar-refractivity contribution in [1.82, 2.24) is 0 Å². The summed E-state index contributed by atoms with van der Waals surface area (Å²) in [7, 11) is 1.68. The minimum atomic E-state index is 0.351. The van der Waals surface area contributed by atoms with Crippen LogP contribution in [0.25, 0.3) is 0 Å². The number of alkyl halides is 1. The van der Waals surface area contributed by atoms with E-state index in [1.165, 1.54) is 25.7 Å². The van der Waals surface area contributed by atoms with Crippen molar-refractivity contribution in [3.05, 3.63) is 0 Å². The first-order valence-electron chi connectivity index (χ1n) is 7.56. The molecule has 0 aromatic carbocycles. The second-order valence-corrected chi connectivity index (χ2v) is 5.93. The predicted octanol–water partition coefficient (Wildman–Crippen LogP) is 3.49. The monoisotopic (exact) mass is 292 g/mol. The Balaban J connectivity index is 1.98. The highest BCUT2D eigenvalue weighted by molar-refractivity contribution is 6.20. The quantitative estimate of drug-likeness (QED) is 0.456. The van der Waals surface area contributed by atoms with Gasteiger partial charge in [-0.2, -0.15) is 0 Å². The van der Waals surface area contributed by atoms with E-state index < -0.39 is 0 Å². The van der Waals surface area contributed by atoms with E-state index in [0.717, 1.165) is 18.9 Å². The minimum Gasteiger partial charge on any atom is -0.382 e. The van der Waals surface area contributed by atoms with Gasteiger partial charge in [0.15, 0.2) is 0 Å². The van der Waals surface area contributed by atoms with E-state index in [9.17, 15) is 0 Å². The Kier molecular flexibility index (Phi) is 9.88. The first-order chi connectivity index (χ1) is 9.27. The Morgan fingerprint density at radius 3 is 2.37 bits per heavy atom. The molecule has 1 aliphatic carbocycles. The van der Waals surface area contributed by atoms with Crippen LogP contribution >= 0.6 is 11.6 Å². The highest BCUT2D eigenvalue weighted by atomic mass is 35.5. The number of halogens is 1. The van der Waals surface area contributed by atoms with Gasteiger partial charge in [0, 0.05) is 19.1 Å². The summed E-state index contributed by atoms with van der Waals surface area (Å²) in [5.74, 6) is 1.51. The van der Waals surface area contributed by atoms with Crippen LogP contribution < -0.4 is 0 Å². The summed E-state index contributed by atoms with van der Waals surface area (Å²) in [6, 6.07) is 0. The maximum Gasteiger partial charge on any atom is 0.0701 e. The zero-order chi connectivity index (χ0) is 13.9. The van der Waals surface area contributed by atoms with Crippen molar-refractivity contribution in [2.24, 2.45) is 11.8 Å². The molecule has 3 nitrogen and oxygen atoms in total. The molecular formula is C15H29ClO3. The van der Waals surface area contributed by atoms with Crippen molar-refractivity contribution >= 4 is 11.6 Å². The average Bonchev–Trinajstić information content (AvgIpc) is 2.43. The maximum absolute atomic E-state index is 6.41. The van der Waals surface area contributed by atoms with E-state index in [4.69, 9.17) is 25.8 Å². The van der Waals surface area contributed by atoms with E-state index >= 15 is 0 Å². The number of ether oxygens (including phenoxy) is 3. The molecule has 0 bridgehead atoms. The molecule has 1 fully saturated rings. The van der Waals surface area contributed by atoms with Crippen LogP contribution in [0, 0.1) is 11.8 Å². The van der Waals surface area contributed by atoms with Gasteiger partial charge in [0.2, 0.25) is 0 Å². The number of methoxy groups -OCH3 is 1. The van der Waals surface area contributed by atoms with Crippen LogP contribution in [0.4, 0.5) is 0 Å². The first kappa shape index (κ1) is 17.2. The smallest absolute Gasteiger partial charge is 0.0701 e. The zero-order valence-electron chi connectivity index (χ0n) is 12.4. The van der Waals surface area contributed by atoms with Crippen molar-refractivity contribution < 1.29 is 14.2 Å². The van der Waals surface area contributed by atoms with E-state index in [-0.39, 0.29) is 0 Å². The average molecular weight is 293 g/mol. The van der Waals surface area contributed by atoms with Crippen LogP contribution in [0.15, 0.2) is 0 Å². The minimum absolute atomic E-state index is 0.351. The van der Waals surface area contributed by atoms with Gasteiger partial charge in [-0.15, -0.1) is 11.6 Å². The second-order valence-electron chi connectivity index (χ2n) is 5.37. The lowest BCUT2D eigenvalue weighted by atomic mass is 9.78. The van der Waals surface area contributed by atoms with Gasteiger partial charge < -0.3 is 14.2 Å². The molecule has 1 rings (SSSR count). The van der Waals surface area contributed by atoms with Crippen LogP contribution in [0.3, 0.4) is 0 Å². The Labute approximate surface area is 122 Å². The summed E-state index contributed by atoms with van der Waals surface area (Å²) >= 11 is 6.41. The van der Waals surface area contributed by atoms with Crippen molar-refractivity contribution in [2.45, 2.75) is 44.4 Å². The molecule has 0 spiro atoms. The Morgan fingerprint density at radius 1 is 1.00 bits per heavy atom. The van der Waals surface area contributed by atoms with Crippen molar-refractivity contribution in [3.8, 4) is 0 Å². The van der Waals surface area contributed by atoms with Gasteiger partial charge in [0.25, 0.3) is 0 Å². The molecule has 0 aromatic heterocycles. The Hall–Kier alpha value is 0.170. The van der Waals surface area contributed by atoms with Crippen LogP contribution in [-0.2, 0) is 14.2 Å². The zero-order valence-corrected chi connectivity index (χ0v) is 13.2. The second kappa shape index (κ2) is 10.9. The van der Waals surface area contributed by atoms with Crippen LogP contribution in [0.1, 0.15) is 39.0 Å². The fraction of sp³-hybridized carbons (Fsp3) is 1.00. The Morgan fingerprint density at radius 2 is 1.68 bits per heavy atom. The highest BCUT2D eigenvalue weighted by Gasteiger charge is 2.27. The third kappa shape index (κ3) is 7.50. The molecule has 0 saturated heterocycles. The number of hydrogen-bond donors (Lipinski definition) is 0. The van der Waals surface area contributed by atoms with Crippen LogP contribution in [-0.4, -0.2) is 45.5 Å². The molecule has 19 heavy (non-hydrogen) atoms. The van der Waals surface area contributed by atoms with Gasteiger partial charge >= 0.3 is 0 Å². The molecular weight excluding hydrogens is 264 g/mol. The third-order valence-corrected chi connectivity index (χ3v) is 4.59. The molecule has 1 saturated carbocycles.